The molecule has 0 radical (unpaired) electrons. The minimum Gasteiger partial charge on any atom is -0.464 e. The van der Waals surface area contributed by atoms with Gasteiger partial charge in [0, 0.05) is 24.4 Å². The number of hydrogen-bond acceptors (Lipinski definition) is 8. The van der Waals surface area contributed by atoms with E-state index in [-0.39, 0.29) is 24.2 Å². The summed E-state index contributed by atoms with van der Waals surface area (Å²) in [6.45, 7) is 4.78. The molecule has 0 bridgehead atoms. The number of benzene rings is 2. The summed E-state index contributed by atoms with van der Waals surface area (Å²) >= 11 is 0. The number of rotatable bonds is 10. The Balaban J connectivity index is 2.01. The molecule has 0 heterocycles. The normalized spacial score (nSPS) is 10.7. The van der Waals surface area contributed by atoms with E-state index in [9.17, 15) is 14.9 Å². The van der Waals surface area contributed by atoms with Crippen molar-refractivity contribution in [3.63, 3.8) is 0 Å². The lowest BCUT2D eigenvalue weighted by Crippen LogP contribution is -2.29. The number of nitro groups is 1. The molecule has 9 nitrogen and oxygen atoms in total. The van der Waals surface area contributed by atoms with Gasteiger partial charge in [-0.25, -0.2) is 0 Å². The molecule has 0 spiro atoms. The third kappa shape index (κ3) is 6.98. The van der Waals surface area contributed by atoms with E-state index >= 15 is 0 Å². The average Bonchev–Trinajstić information content (AvgIpc) is 2.75. The van der Waals surface area contributed by atoms with Crippen LogP contribution in [0.5, 0.6) is 0 Å². The topological polar surface area (TPSA) is 121 Å². The maximum Gasteiger partial charge on any atom is 0.308 e. The molecule has 0 atom stereocenters. The maximum atomic E-state index is 11.6. The van der Waals surface area contributed by atoms with Gasteiger partial charge in [-0.2, -0.15) is 15.5 Å². The summed E-state index contributed by atoms with van der Waals surface area (Å²) in [5.41, 5.74) is 1.99. The highest BCUT2D eigenvalue weighted by Gasteiger charge is 2.11. The number of nitriles is 1. The van der Waals surface area contributed by atoms with Gasteiger partial charge >= 0.3 is 5.97 Å². The highest BCUT2D eigenvalue weighted by atomic mass is 16.6. The van der Waals surface area contributed by atoms with Crippen molar-refractivity contribution in [3.05, 3.63) is 58.6 Å². The molecule has 0 saturated carbocycles. The molecular formula is C21H23N5O4. The van der Waals surface area contributed by atoms with Crippen molar-refractivity contribution in [3.8, 4) is 6.07 Å². The fraction of sp³-hybridized carbons (Fsp3) is 0.333. The van der Waals surface area contributed by atoms with E-state index in [1.165, 1.54) is 24.3 Å². The molecule has 0 amide bonds. The van der Waals surface area contributed by atoms with E-state index in [0.717, 1.165) is 5.69 Å². The van der Waals surface area contributed by atoms with Crippen molar-refractivity contribution < 1.29 is 14.5 Å². The minimum absolute atomic E-state index is 0.00478. The number of carbonyl (C=O) groups is 1. The van der Waals surface area contributed by atoms with Crippen LogP contribution in [-0.4, -0.2) is 30.6 Å². The first-order valence-corrected chi connectivity index (χ1v) is 9.45. The largest absolute Gasteiger partial charge is 0.464 e. The lowest BCUT2D eigenvalue weighted by molar-refractivity contribution is -0.384. The Morgan fingerprint density at radius 1 is 1.10 bits per heavy atom. The molecule has 2 rings (SSSR count). The Hall–Kier alpha value is -3.80. The minimum atomic E-state index is -0.471. The monoisotopic (exact) mass is 409 g/mol. The first kappa shape index (κ1) is 22.5. The molecule has 0 unspecified atom stereocenters. The quantitative estimate of drug-likeness (QED) is 0.237. The van der Waals surface area contributed by atoms with Crippen molar-refractivity contribution in [2.75, 3.05) is 24.6 Å². The van der Waals surface area contributed by atoms with Crippen molar-refractivity contribution in [1.82, 2.24) is 0 Å². The molecule has 30 heavy (non-hydrogen) atoms. The predicted molar refractivity (Wildman–Crippen MR) is 112 cm³/mol. The molecule has 0 fully saturated rings. The summed E-state index contributed by atoms with van der Waals surface area (Å²) in [5, 5.41) is 27.8. The fourth-order valence-electron chi connectivity index (χ4n) is 2.46. The number of hydrogen-bond donors (Lipinski definition) is 0. The Morgan fingerprint density at radius 3 is 2.17 bits per heavy atom. The summed E-state index contributed by atoms with van der Waals surface area (Å²) in [7, 11) is 0. The van der Waals surface area contributed by atoms with Crippen LogP contribution in [0.3, 0.4) is 0 Å². The SMILES string of the molecule is CC(C)C(=O)OCCN(CCC#N)c1ccc(N=Nc2ccc([N+](=O)[O-])cc2)cc1. The Labute approximate surface area is 174 Å². The maximum absolute atomic E-state index is 11.6. The third-order valence-electron chi connectivity index (χ3n) is 4.13. The molecule has 2 aromatic carbocycles. The van der Waals surface area contributed by atoms with Crippen molar-refractivity contribution >= 4 is 28.7 Å². The lowest BCUT2D eigenvalue weighted by Gasteiger charge is -2.24. The van der Waals surface area contributed by atoms with E-state index in [0.29, 0.717) is 30.9 Å². The number of non-ortho nitro benzene ring substituents is 1. The first-order valence-electron chi connectivity index (χ1n) is 9.45. The number of nitro benzene ring substituents is 1. The zero-order valence-electron chi connectivity index (χ0n) is 16.9. The summed E-state index contributed by atoms with van der Waals surface area (Å²) in [6, 6.07) is 15.2. The second-order valence-corrected chi connectivity index (χ2v) is 6.71. The van der Waals surface area contributed by atoms with Crippen molar-refractivity contribution in [2.24, 2.45) is 16.1 Å². The molecule has 0 aliphatic carbocycles. The molecule has 0 aromatic heterocycles. The molecule has 156 valence electrons. The van der Waals surface area contributed by atoms with Gasteiger partial charge in [-0.05, 0) is 36.4 Å². The molecular weight excluding hydrogens is 386 g/mol. The molecule has 0 aliphatic heterocycles. The summed E-state index contributed by atoms with van der Waals surface area (Å²) < 4.78 is 5.23. The van der Waals surface area contributed by atoms with Gasteiger partial charge in [0.05, 0.1) is 41.3 Å². The van der Waals surface area contributed by atoms with Crippen LogP contribution in [0.4, 0.5) is 22.7 Å². The van der Waals surface area contributed by atoms with E-state index < -0.39 is 4.92 Å². The summed E-state index contributed by atoms with van der Waals surface area (Å²) in [6.07, 6.45) is 0.347. The van der Waals surface area contributed by atoms with Gasteiger partial charge in [-0.1, -0.05) is 13.8 Å². The Kier molecular flexibility index (Phi) is 8.44. The average molecular weight is 409 g/mol. The van der Waals surface area contributed by atoms with Crippen LogP contribution in [0.15, 0.2) is 58.8 Å². The van der Waals surface area contributed by atoms with Crippen molar-refractivity contribution in [1.29, 1.82) is 5.26 Å². The molecule has 0 aliphatic rings. The van der Waals surface area contributed by atoms with Crippen LogP contribution in [0.1, 0.15) is 20.3 Å². The molecule has 2 aromatic rings. The van der Waals surface area contributed by atoms with Crippen LogP contribution in [-0.2, 0) is 9.53 Å². The smallest absolute Gasteiger partial charge is 0.308 e. The zero-order valence-corrected chi connectivity index (χ0v) is 16.9. The zero-order chi connectivity index (χ0) is 21.9. The van der Waals surface area contributed by atoms with E-state index in [1.807, 2.05) is 17.0 Å². The molecule has 0 N–H and O–H groups in total. The number of anilines is 1. The highest BCUT2D eigenvalue weighted by molar-refractivity contribution is 5.71. The predicted octanol–water partition coefficient (Wildman–Crippen LogP) is 4.93. The van der Waals surface area contributed by atoms with Gasteiger partial charge in [-0.3, -0.25) is 14.9 Å². The number of nitrogens with zero attached hydrogens (tertiary/aromatic N) is 5. The van der Waals surface area contributed by atoms with Gasteiger partial charge in [-0.15, -0.1) is 0 Å². The molecule has 9 heteroatoms. The Morgan fingerprint density at radius 2 is 1.67 bits per heavy atom. The Bertz CT molecular complexity index is 918. The number of azo groups is 1. The van der Waals surface area contributed by atoms with Crippen LogP contribution in [0.2, 0.25) is 0 Å². The van der Waals surface area contributed by atoms with Crippen LogP contribution in [0, 0.1) is 27.4 Å². The lowest BCUT2D eigenvalue weighted by atomic mass is 10.2. The van der Waals surface area contributed by atoms with Crippen LogP contribution >= 0.6 is 0 Å². The third-order valence-corrected chi connectivity index (χ3v) is 4.13. The van der Waals surface area contributed by atoms with E-state index in [1.54, 1.807) is 26.0 Å². The molecule has 0 saturated heterocycles. The van der Waals surface area contributed by atoms with E-state index in [2.05, 4.69) is 16.3 Å². The summed E-state index contributed by atoms with van der Waals surface area (Å²) in [4.78, 5) is 23.8. The second-order valence-electron chi connectivity index (χ2n) is 6.71. The van der Waals surface area contributed by atoms with Gasteiger partial charge in [0.2, 0.25) is 0 Å². The van der Waals surface area contributed by atoms with Crippen LogP contribution < -0.4 is 4.90 Å². The first-order chi connectivity index (χ1) is 14.4. The van der Waals surface area contributed by atoms with E-state index in [4.69, 9.17) is 10.00 Å². The standard InChI is InChI=1S/C21H23N5O4/c1-16(2)21(27)30-15-14-25(13-3-12-22)19-8-4-17(5-9-19)23-24-18-6-10-20(11-7-18)26(28)29/h4-11,16H,3,13-15H2,1-2H3. The van der Waals surface area contributed by atoms with Crippen LogP contribution in [0.25, 0.3) is 0 Å². The van der Waals surface area contributed by atoms with Gasteiger partial charge in [0.15, 0.2) is 0 Å². The fourth-order valence-corrected chi connectivity index (χ4v) is 2.46. The summed E-state index contributed by atoms with van der Waals surface area (Å²) in [5.74, 6) is -0.435. The number of ether oxygens (including phenoxy) is 1. The number of carbonyl (C=O) groups excluding carboxylic acids is 1. The van der Waals surface area contributed by atoms with Gasteiger partial charge in [0.1, 0.15) is 6.61 Å². The second kappa shape index (κ2) is 11.3. The number of esters is 1. The van der Waals surface area contributed by atoms with Gasteiger partial charge in [0.25, 0.3) is 5.69 Å². The van der Waals surface area contributed by atoms with Crippen molar-refractivity contribution in [2.45, 2.75) is 20.3 Å². The highest BCUT2D eigenvalue weighted by Crippen LogP contribution is 2.23. The van der Waals surface area contributed by atoms with Gasteiger partial charge < -0.3 is 9.64 Å².